The van der Waals surface area contributed by atoms with Gasteiger partial charge in [-0.1, -0.05) is 25.4 Å². The molecule has 1 amide bonds. The fraction of sp³-hybridized carbons (Fsp3) is 0.500. The van der Waals surface area contributed by atoms with Crippen LogP contribution in [0.25, 0.3) is 0 Å². The molecule has 0 unspecified atom stereocenters. The van der Waals surface area contributed by atoms with Gasteiger partial charge in [0.15, 0.2) is 17.5 Å². The number of pyridine rings is 1. The summed E-state index contributed by atoms with van der Waals surface area (Å²) in [5.41, 5.74) is 0. The number of amides is 1. The Morgan fingerprint density at radius 3 is 2.82 bits per heavy atom. The van der Waals surface area contributed by atoms with Crippen LogP contribution in [0, 0.1) is 0 Å². The molecule has 0 bridgehead atoms. The summed E-state index contributed by atoms with van der Waals surface area (Å²) >= 11 is 5.80. The number of nitrogens with one attached hydrogen (secondary N) is 1. The van der Waals surface area contributed by atoms with Gasteiger partial charge in [0.2, 0.25) is 0 Å². The molecule has 1 aromatic heterocycles. The van der Waals surface area contributed by atoms with E-state index in [2.05, 4.69) is 10.3 Å². The maximum Gasteiger partial charge on any atom is 0.258 e. The highest BCUT2D eigenvalue weighted by Gasteiger charge is 2.09. The summed E-state index contributed by atoms with van der Waals surface area (Å²) in [6.07, 6.45) is 3.39. The van der Waals surface area contributed by atoms with Crippen LogP contribution in [0.5, 0.6) is 5.75 Å². The van der Waals surface area contributed by atoms with Crippen molar-refractivity contribution in [3.05, 3.63) is 23.5 Å². The molecule has 1 N–H and O–H groups in total. The van der Waals surface area contributed by atoms with Crippen molar-refractivity contribution in [2.75, 3.05) is 6.61 Å². The molecule has 0 aliphatic carbocycles. The number of rotatable bonds is 6. The van der Waals surface area contributed by atoms with E-state index in [9.17, 15) is 4.79 Å². The zero-order valence-corrected chi connectivity index (χ0v) is 10.8. The van der Waals surface area contributed by atoms with E-state index in [1.54, 1.807) is 18.3 Å². The number of hydrogen-bond acceptors (Lipinski definition) is 3. The van der Waals surface area contributed by atoms with Crippen LogP contribution in [0.2, 0.25) is 5.15 Å². The molecule has 0 aliphatic heterocycles. The molecular formula is C12H17ClN2O2. The van der Waals surface area contributed by atoms with E-state index in [0.717, 1.165) is 12.8 Å². The monoisotopic (exact) mass is 256 g/mol. The normalized spacial score (nSPS) is 10.4. The molecule has 0 saturated heterocycles. The second-order valence-electron chi connectivity index (χ2n) is 3.66. The van der Waals surface area contributed by atoms with Gasteiger partial charge in [0.1, 0.15) is 0 Å². The molecule has 0 aromatic carbocycles. The fourth-order valence-electron chi connectivity index (χ4n) is 1.38. The van der Waals surface area contributed by atoms with Crippen LogP contribution in [0.3, 0.4) is 0 Å². The second kappa shape index (κ2) is 7.12. The lowest BCUT2D eigenvalue weighted by molar-refractivity contribution is -0.123. The third-order valence-corrected chi connectivity index (χ3v) is 2.72. The highest BCUT2D eigenvalue weighted by atomic mass is 35.5. The molecule has 5 heteroatoms. The lowest BCUT2D eigenvalue weighted by atomic mass is 10.2. The van der Waals surface area contributed by atoms with Gasteiger partial charge in [-0.2, -0.15) is 0 Å². The smallest absolute Gasteiger partial charge is 0.258 e. The topological polar surface area (TPSA) is 51.2 Å². The summed E-state index contributed by atoms with van der Waals surface area (Å²) in [5.74, 6) is 0.285. The average Bonchev–Trinajstić information content (AvgIpc) is 2.35. The van der Waals surface area contributed by atoms with Crippen LogP contribution < -0.4 is 10.1 Å². The first-order chi connectivity index (χ1) is 8.17. The first-order valence-corrected chi connectivity index (χ1v) is 6.07. The zero-order chi connectivity index (χ0) is 12.7. The minimum atomic E-state index is -0.140. The highest BCUT2D eigenvalue weighted by Crippen LogP contribution is 2.19. The van der Waals surface area contributed by atoms with E-state index in [1.165, 1.54) is 0 Å². The van der Waals surface area contributed by atoms with Gasteiger partial charge >= 0.3 is 0 Å². The summed E-state index contributed by atoms with van der Waals surface area (Å²) in [6, 6.07) is 3.59. The summed E-state index contributed by atoms with van der Waals surface area (Å²) in [5, 5.41) is 3.15. The van der Waals surface area contributed by atoms with Gasteiger partial charge in [0.05, 0.1) is 0 Å². The Bertz CT molecular complexity index is 367. The Balaban J connectivity index is 2.41. The molecule has 0 radical (unpaired) electrons. The first kappa shape index (κ1) is 13.8. The van der Waals surface area contributed by atoms with Gasteiger partial charge in [-0.25, -0.2) is 4.98 Å². The second-order valence-corrected chi connectivity index (χ2v) is 4.02. The molecule has 0 fully saturated rings. The Hall–Kier alpha value is -1.29. The number of aromatic nitrogens is 1. The summed E-state index contributed by atoms with van der Waals surface area (Å²) < 4.78 is 5.28. The number of carbonyl (C=O) groups excluding carboxylic acids is 1. The van der Waals surface area contributed by atoms with Crippen molar-refractivity contribution in [1.29, 1.82) is 0 Å². The maximum atomic E-state index is 11.6. The van der Waals surface area contributed by atoms with Gasteiger partial charge in [0.25, 0.3) is 5.91 Å². The molecule has 0 atom stereocenters. The largest absolute Gasteiger partial charge is 0.481 e. The van der Waals surface area contributed by atoms with Crippen molar-refractivity contribution >= 4 is 17.5 Å². The van der Waals surface area contributed by atoms with Gasteiger partial charge in [-0.3, -0.25) is 4.79 Å². The van der Waals surface area contributed by atoms with Crippen molar-refractivity contribution in [3.63, 3.8) is 0 Å². The van der Waals surface area contributed by atoms with Crippen LogP contribution in [0.4, 0.5) is 0 Å². The van der Waals surface area contributed by atoms with Crippen molar-refractivity contribution in [2.24, 2.45) is 0 Å². The van der Waals surface area contributed by atoms with E-state index >= 15 is 0 Å². The summed E-state index contributed by atoms with van der Waals surface area (Å²) in [6.45, 7) is 4.03. The molecule has 17 heavy (non-hydrogen) atoms. The molecule has 0 aliphatic rings. The molecular weight excluding hydrogens is 240 g/mol. The van der Waals surface area contributed by atoms with Crippen LogP contribution in [0.1, 0.15) is 26.7 Å². The van der Waals surface area contributed by atoms with Gasteiger partial charge in [0, 0.05) is 12.2 Å². The molecule has 0 saturated carbocycles. The van der Waals surface area contributed by atoms with Gasteiger partial charge in [-0.15, -0.1) is 0 Å². The average molecular weight is 257 g/mol. The Kier molecular flexibility index (Phi) is 5.77. The van der Waals surface area contributed by atoms with E-state index in [1.807, 2.05) is 13.8 Å². The Morgan fingerprint density at radius 2 is 2.24 bits per heavy atom. The number of halogens is 1. The lowest BCUT2D eigenvalue weighted by Gasteiger charge is -2.15. The Labute approximate surface area is 106 Å². The first-order valence-electron chi connectivity index (χ1n) is 5.70. The standard InChI is InChI=1S/C12H17ClN2O2/c1-3-9(4-2)15-11(16)8-17-10-6-5-7-14-12(10)13/h5-7,9H,3-4,8H2,1-2H3,(H,15,16). The number of nitrogens with zero attached hydrogens (tertiary/aromatic N) is 1. The van der Waals surface area contributed by atoms with Crippen molar-refractivity contribution < 1.29 is 9.53 Å². The van der Waals surface area contributed by atoms with E-state index < -0.39 is 0 Å². The van der Waals surface area contributed by atoms with Crippen LogP contribution >= 0.6 is 11.6 Å². The highest BCUT2D eigenvalue weighted by molar-refractivity contribution is 6.30. The fourth-order valence-corrected chi connectivity index (χ4v) is 1.56. The van der Waals surface area contributed by atoms with Gasteiger partial charge < -0.3 is 10.1 Å². The SMILES string of the molecule is CCC(CC)NC(=O)COc1cccnc1Cl. The predicted octanol–water partition coefficient (Wildman–Crippen LogP) is 2.42. The van der Waals surface area contributed by atoms with Crippen LogP contribution in [-0.4, -0.2) is 23.5 Å². The molecule has 94 valence electrons. The third-order valence-electron chi connectivity index (χ3n) is 2.43. The molecule has 4 nitrogen and oxygen atoms in total. The predicted molar refractivity (Wildman–Crippen MR) is 67.3 cm³/mol. The maximum absolute atomic E-state index is 11.6. The van der Waals surface area contributed by atoms with Crippen molar-refractivity contribution in [1.82, 2.24) is 10.3 Å². The van der Waals surface area contributed by atoms with Crippen molar-refractivity contribution in [2.45, 2.75) is 32.7 Å². The van der Waals surface area contributed by atoms with E-state index in [4.69, 9.17) is 16.3 Å². The number of ether oxygens (including phenoxy) is 1. The Morgan fingerprint density at radius 1 is 1.53 bits per heavy atom. The minimum absolute atomic E-state index is 0.0398. The molecule has 1 heterocycles. The van der Waals surface area contributed by atoms with Crippen LogP contribution in [0.15, 0.2) is 18.3 Å². The molecule has 1 rings (SSSR count). The van der Waals surface area contributed by atoms with E-state index in [-0.39, 0.29) is 23.7 Å². The molecule has 1 aromatic rings. The number of carbonyl (C=O) groups is 1. The van der Waals surface area contributed by atoms with E-state index in [0.29, 0.717) is 5.75 Å². The third kappa shape index (κ3) is 4.61. The van der Waals surface area contributed by atoms with Crippen molar-refractivity contribution in [3.8, 4) is 5.75 Å². The zero-order valence-electron chi connectivity index (χ0n) is 10.1. The quantitative estimate of drug-likeness (QED) is 0.796. The molecule has 0 spiro atoms. The van der Waals surface area contributed by atoms with Crippen LogP contribution in [-0.2, 0) is 4.79 Å². The minimum Gasteiger partial charge on any atom is -0.481 e. The lowest BCUT2D eigenvalue weighted by Crippen LogP contribution is -2.37. The summed E-state index contributed by atoms with van der Waals surface area (Å²) in [7, 11) is 0. The summed E-state index contributed by atoms with van der Waals surface area (Å²) in [4.78, 5) is 15.4. The van der Waals surface area contributed by atoms with Gasteiger partial charge in [-0.05, 0) is 25.0 Å². The number of hydrogen-bond donors (Lipinski definition) is 1.